The van der Waals surface area contributed by atoms with Gasteiger partial charge in [0.2, 0.25) is 0 Å². The first-order valence-electron chi connectivity index (χ1n) is 6.93. The SMILES string of the molecule is C=CCn1c(=NC(=O)c2ccc(Cl)cc2Cl)sc2cc(Br)ccc21. The summed E-state index contributed by atoms with van der Waals surface area (Å²) in [7, 11) is 0. The van der Waals surface area contributed by atoms with Crippen LogP contribution in [0.25, 0.3) is 10.2 Å². The molecule has 24 heavy (non-hydrogen) atoms. The van der Waals surface area contributed by atoms with Gasteiger partial charge in [0.25, 0.3) is 5.91 Å². The van der Waals surface area contributed by atoms with E-state index >= 15 is 0 Å². The minimum atomic E-state index is -0.403. The Bertz CT molecular complexity index is 1020. The standard InChI is InChI=1S/C17H11BrCl2N2OS/c1-2-7-22-14-6-3-10(18)8-15(14)24-17(22)21-16(23)12-5-4-11(19)9-13(12)20/h2-6,8-9H,1,7H2. The molecule has 0 spiro atoms. The number of rotatable bonds is 3. The number of fused-ring (bicyclic) bond motifs is 1. The molecule has 0 radical (unpaired) electrons. The molecule has 1 amide bonds. The number of benzene rings is 2. The highest BCUT2D eigenvalue weighted by molar-refractivity contribution is 9.10. The van der Waals surface area contributed by atoms with Crippen LogP contribution in [0.4, 0.5) is 0 Å². The van der Waals surface area contributed by atoms with Crippen LogP contribution in [0.1, 0.15) is 10.4 Å². The summed E-state index contributed by atoms with van der Waals surface area (Å²) in [5, 5.41) is 0.764. The van der Waals surface area contributed by atoms with E-state index in [1.165, 1.54) is 17.4 Å². The molecule has 122 valence electrons. The molecule has 0 fully saturated rings. The maximum absolute atomic E-state index is 12.5. The molecule has 0 atom stereocenters. The number of carbonyl (C=O) groups excluding carboxylic acids is 1. The number of amides is 1. The van der Waals surface area contributed by atoms with Crippen LogP contribution >= 0.6 is 50.5 Å². The average molecular weight is 442 g/mol. The number of allylic oxidation sites excluding steroid dienone is 1. The summed E-state index contributed by atoms with van der Waals surface area (Å²) in [6.07, 6.45) is 1.77. The smallest absolute Gasteiger partial charge is 0.281 e. The van der Waals surface area contributed by atoms with Crippen molar-refractivity contribution in [3.63, 3.8) is 0 Å². The number of hydrogen-bond acceptors (Lipinski definition) is 2. The van der Waals surface area contributed by atoms with Crippen LogP contribution in [0.2, 0.25) is 10.0 Å². The first kappa shape index (κ1) is 17.4. The van der Waals surface area contributed by atoms with E-state index in [2.05, 4.69) is 27.5 Å². The maximum atomic E-state index is 12.5. The monoisotopic (exact) mass is 440 g/mol. The third-order valence-electron chi connectivity index (χ3n) is 3.32. The lowest BCUT2D eigenvalue weighted by Gasteiger charge is -2.02. The lowest BCUT2D eigenvalue weighted by atomic mass is 10.2. The van der Waals surface area contributed by atoms with Gasteiger partial charge in [-0.05, 0) is 36.4 Å². The van der Waals surface area contributed by atoms with E-state index in [1.54, 1.807) is 18.2 Å². The van der Waals surface area contributed by atoms with E-state index in [-0.39, 0.29) is 5.02 Å². The Morgan fingerprint density at radius 3 is 2.79 bits per heavy atom. The second-order valence-corrected chi connectivity index (χ2v) is 7.71. The van der Waals surface area contributed by atoms with Crippen molar-refractivity contribution in [2.45, 2.75) is 6.54 Å². The quantitative estimate of drug-likeness (QED) is 0.480. The Labute approximate surface area is 161 Å². The third kappa shape index (κ3) is 3.49. The first-order valence-corrected chi connectivity index (χ1v) is 9.30. The number of thiazole rings is 1. The number of aromatic nitrogens is 1. The molecule has 3 nitrogen and oxygen atoms in total. The highest BCUT2D eigenvalue weighted by Gasteiger charge is 2.12. The molecule has 0 aliphatic carbocycles. The van der Waals surface area contributed by atoms with Crippen molar-refractivity contribution in [1.29, 1.82) is 0 Å². The predicted molar refractivity (Wildman–Crippen MR) is 104 cm³/mol. The van der Waals surface area contributed by atoms with Crippen molar-refractivity contribution in [2.24, 2.45) is 4.99 Å². The largest absolute Gasteiger partial charge is 0.312 e. The van der Waals surface area contributed by atoms with Gasteiger partial charge >= 0.3 is 0 Å². The van der Waals surface area contributed by atoms with Crippen molar-refractivity contribution in [2.75, 3.05) is 0 Å². The van der Waals surface area contributed by atoms with E-state index < -0.39 is 5.91 Å². The molecule has 0 unspecified atom stereocenters. The summed E-state index contributed by atoms with van der Waals surface area (Å²) in [4.78, 5) is 17.4. The second-order valence-electron chi connectivity index (χ2n) is 4.94. The van der Waals surface area contributed by atoms with Crippen LogP contribution in [0.15, 0.2) is 58.5 Å². The molecule has 2 aromatic carbocycles. The van der Waals surface area contributed by atoms with Gasteiger partial charge in [0.05, 0.1) is 20.8 Å². The Hall–Kier alpha value is -1.40. The van der Waals surface area contributed by atoms with Gasteiger partial charge < -0.3 is 4.57 Å². The fourth-order valence-corrected chi connectivity index (χ4v) is 4.33. The molecule has 1 heterocycles. The Kier molecular flexibility index (Phi) is 5.25. The van der Waals surface area contributed by atoms with E-state index in [1.807, 2.05) is 22.8 Å². The fraction of sp³-hybridized carbons (Fsp3) is 0.0588. The van der Waals surface area contributed by atoms with Gasteiger partial charge in [-0.2, -0.15) is 4.99 Å². The molecule has 3 aromatic rings. The van der Waals surface area contributed by atoms with E-state index in [0.29, 0.717) is 21.9 Å². The van der Waals surface area contributed by atoms with Crippen molar-refractivity contribution in [1.82, 2.24) is 4.57 Å². The van der Waals surface area contributed by atoms with Crippen LogP contribution in [0, 0.1) is 0 Å². The number of halogens is 3. The fourth-order valence-electron chi connectivity index (χ4n) is 2.25. The molecule has 1 aromatic heterocycles. The summed E-state index contributed by atoms with van der Waals surface area (Å²) in [6, 6.07) is 10.7. The lowest BCUT2D eigenvalue weighted by Crippen LogP contribution is -2.16. The molecule has 0 saturated heterocycles. The van der Waals surface area contributed by atoms with Crippen LogP contribution in [-0.4, -0.2) is 10.5 Å². The summed E-state index contributed by atoms with van der Waals surface area (Å²) < 4.78 is 3.95. The van der Waals surface area contributed by atoms with Gasteiger partial charge in [0.1, 0.15) is 0 Å². The Balaban J connectivity index is 2.16. The van der Waals surface area contributed by atoms with Crippen LogP contribution < -0.4 is 4.80 Å². The molecule has 0 bridgehead atoms. The van der Waals surface area contributed by atoms with Gasteiger partial charge in [0, 0.05) is 16.0 Å². The minimum absolute atomic E-state index is 0.287. The number of hydrogen-bond donors (Lipinski definition) is 0. The van der Waals surface area contributed by atoms with Crippen molar-refractivity contribution in [3.8, 4) is 0 Å². The zero-order valence-electron chi connectivity index (χ0n) is 12.3. The van der Waals surface area contributed by atoms with Crippen LogP contribution in [0.3, 0.4) is 0 Å². The molecule has 7 heteroatoms. The van der Waals surface area contributed by atoms with Crippen molar-refractivity contribution < 1.29 is 4.79 Å². The van der Waals surface area contributed by atoms with Gasteiger partial charge in [0.15, 0.2) is 4.80 Å². The molecule has 0 aliphatic heterocycles. The first-order chi connectivity index (χ1) is 11.5. The predicted octanol–water partition coefficient (Wildman–Crippen LogP) is 5.70. The normalized spacial score (nSPS) is 11.9. The van der Waals surface area contributed by atoms with E-state index in [9.17, 15) is 4.79 Å². The van der Waals surface area contributed by atoms with Gasteiger partial charge in [-0.1, -0.05) is 56.5 Å². The zero-order chi connectivity index (χ0) is 17.3. The summed E-state index contributed by atoms with van der Waals surface area (Å²) in [6.45, 7) is 4.33. The molecule has 0 N–H and O–H groups in total. The lowest BCUT2D eigenvalue weighted by molar-refractivity contribution is 0.0998. The summed E-state index contributed by atoms with van der Waals surface area (Å²) in [5.74, 6) is -0.403. The van der Waals surface area contributed by atoms with Crippen molar-refractivity contribution >= 4 is 66.6 Å². The zero-order valence-corrected chi connectivity index (χ0v) is 16.2. The van der Waals surface area contributed by atoms with E-state index in [4.69, 9.17) is 23.2 Å². The Morgan fingerprint density at radius 1 is 1.29 bits per heavy atom. The number of nitrogens with zero attached hydrogens (tertiary/aromatic N) is 2. The van der Waals surface area contributed by atoms with Gasteiger partial charge in [-0.3, -0.25) is 4.79 Å². The molecular weight excluding hydrogens is 431 g/mol. The van der Waals surface area contributed by atoms with Crippen molar-refractivity contribution in [3.05, 3.63) is 73.9 Å². The topological polar surface area (TPSA) is 34.4 Å². The molecular formula is C17H11BrCl2N2OS. The Morgan fingerprint density at radius 2 is 2.08 bits per heavy atom. The number of carbonyl (C=O) groups is 1. The molecule has 3 rings (SSSR count). The maximum Gasteiger partial charge on any atom is 0.281 e. The second kappa shape index (κ2) is 7.23. The van der Waals surface area contributed by atoms with Crippen LogP contribution in [0.5, 0.6) is 0 Å². The highest BCUT2D eigenvalue weighted by Crippen LogP contribution is 2.24. The molecule has 0 saturated carbocycles. The molecule has 0 aliphatic rings. The van der Waals surface area contributed by atoms with Crippen LogP contribution in [-0.2, 0) is 6.54 Å². The third-order valence-corrected chi connectivity index (χ3v) is 5.40. The van der Waals surface area contributed by atoms with Gasteiger partial charge in [-0.15, -0.1) is 6.58 Å². The highest BCUT2D eigenvalue weighted by atomic mass is 79.9. The average Bonchev–Trinajstić information content (AvgIpc) is 2.84. The van der Waals surface area contributed by atoms with Gasteiger partial charge in [-0.25, -0.2) is 0 Å². The summed E-state index contributed by atoms with van der Waals surface area (Å²) in [5.41, 5.74) is 1.32. The minimum Gasteiger partial charge on any atom is -0.312 e. The van der Waals surface area contributed by atoms with E-state index in [0.717, 1.165) is 14.7 Å². The summed E-state index contributed by atoms with van der Waals surface area (Å²) >= 11 is 16.9.